The van der Waals surface area contributed by atoms with E-state index in [0.717, 1.165) is 88.2 Å². The molecule has 10 rings (SSSR count). The van der Waals surface area contributed by atoms with Crippen molar-refractivity contribution in [2.45, 2.75) is 193 Å². The summed E-state index contributed by atoms with van der Waals surface area (Å²) in [6, 6.07) is 0. The van der Waals surface area contributed by atoms with Gasteiger partial charge in [0.25, 0.3) is 0 Å². The van der Waals surface area contributed by atoms with Gasteiger partial charge in [0.1, 0.15) is 0 Å². The zero-order valence-electron chi connectivity index (χ0n) is 48.6. The van der Waals surface area contributed by atoms with Crippen LogP contribution in [0.2, 0.25) is 0 Å². The van der Waals surface area contributed by atoms with Crippen LogP contribution in [0.4, 0.5) is 0 Å². The molecule has 8 heteroatoms. The first-order chi connectivity index (χ1) is 34.7. The molecule has 0 bridgehead atoms. The van der Waals surface area contributed by atoms with Crippen LogP contribution in [0.25, 0.3) is 0 Å². The van der Waals surface area contributed by atoms with Crippen molar-refractivity contribution >= 4 is 35.1 Å². The van der Waals surface area contributed by atoms with E-state index in [1.165, 1.54) is 14.2 Å². The van der Waals surface area contributed by atoms with E-state index in [4.69, 9.17) is 9.47 Å². The molecule has 0 heterocycles. The van der Waals surface area contributed by atoms with Crippen molar-refractivity contribution in [2.75, 3.05) is 14.2 Å². The van der Waals surface area contributed by atoms with Crippen LogP contribution < -0.4 is 0 Å². The lowest BCUT2D eigenvalue weighted by Crippen LogP contribution is -2.65. The van der Waals surface area contributed by atoms with Crippen molar-refractivity contribution in [3.05, 3.63) is 46.6 Å². The smallest absolute Gasteiger partial charge is 0.312 e. The molecule has 404 valence electrons. The molecule has 6 fully saturated rings. The lowest BCUT2D eigenvalue weighted by molar-refractivity contribution is -0.192. The van der Waals surface area contributed by atoms with Gasteiger partial charge in [-0.15, -0.1) is 0 Å². The van der Waals surface area contributed by atoms with E-state index < -0.39 is 43.3 Å². The Morgan fingerprint density at radius 2 is 0.853 bits per heavy atom. The lowest BCUT2D eigenvalue weighted by atomic mass is 9.34. The molecule has 6 saturated carbocycles. The summed E-state index contributed by atoms with van der Waals surface area (Å²) < 4.78 is 11.1. The maximum Gasteiger partial charge on any atom is 0.312 e. The van der Waals surface area contributed by atoms with Crippen LogP contribution in [0.15, 0.2) is 46.6 Å². The van der Waals surface area contributed by atoms with Crippen molar-refractivity contribution in [3.63, 3.8) is 0 Å². The van der Waals surface area contributed by atoms with E-state index >= 15 is 9.59 Å². The number of carbonyl (C=O) groups excluding carboxylic acids is 6. The van der Waals surface area contributed by atoms with Crippen LogP contribution in [0, 0.1) is 124 Å². The van der Waals surface area contributed by atoms with Crippen molar-refractivity contribution in [1.29, 1.82) is 0 Å². The Kier molecular flexibility index (Phi) is 12.0. The predicted molar refractivity (Wildman–Crippen MR) is 291 cm³/mol. The number of methoxy groups -OCH3 is 2. The van der Waals surface area contributed by atoms with Gasteiger partial charge >= 0.3 is 11.9 Å². The van der Waals surface area contributed by atoms with Gasteiger partial charge in [0.05, 0.1) is 42.6 Å². The molecule has 10 aliphatic carbocycles. The molecule has 14 atom stereocenters. The Morgan fingerprint density at radius 3 is 1.20 bits per heavy atom. The molecule has 0 radical (unpaired) electrons. The number of esters is 2. The Bertz CT molecular complexity index is 2680. The average molecular weight is 1020 g/mol. The molecule has 75 heavy (non-hydrogen) atoms. The number of allylic oxidation sites excluding steroid dienone is 8. The second kappa shape index (κ2) is 16.6. The van der Waals surface area contributed by atoms with Crippen molar-refractivity contribution in [2.24, 2.45) is 100 Å². The summed E-state index contributed by atoms with van der Waals surface area (Å²) in [5.41, 5.74) is -2.41. The first-order valence-corrected chi connectivity index (χ1v) is 28.9. The monoisotopic (exact) mass is 1020 g/mol. The fraction of sp³-hybridized carbons (Fsp3) is 0.731. The number of rotatable bonds is 2. The summed E-state index contributed by atoms with van der Waals surface area (Å²) in [5, 5.41) is 0. The number of Topliss-reactive ketones (excluding diaryl/α,β-unsaturated/α-hetero) is 2. The molecule has 0 aromatic heterocycles. The van der Waals surface area contributed by atoms with Crippen LogP contribution in [0.5, 0.6) is 0 Å². The van der Waals surface area contributed by atoms with Crippen molar-refractivity contribution in [1.82, 2.24) is 0 Å². The summed E-state index contributed by atoms with van der Waals surface area (Å²) in [7, 11) is 2.98. The maximum atomic E-state index is 15.1. The second-order valence-corrected chi connectivity index (χ2v) is 30.4. The van der Waals surface area contributed by atoms with Crippen LogP contribution >= 0.6 is 0 Å². The standard InChI is InChI=1S/C67H88O8/c1-56(2)26-30-66(54(72)74-15)32-28-64(13)50(42(66)38-56)44(68)34-48-60(9)36-40(52(70)58(5,6)46(60)22-24-62(48,64)11)20-18-17-19-21-41-37-61(10)47(59(7,8)53(41)71)23-25-63(12)49(61)35-45(69)51-43-39-57(3,4)27-31-67(43,55(73)75-16)33-29-65(51,63)14/h34-37,42-43,46-47,50-51H,17,22-33,38-39H2,1-16H3/t42-,43-,46-,47-,50-,51-,60-,61-,62+,63+,64+,65+,66-,67-/m0/s1. The quantitative estimate of drug-likeness (QED) is 0.198. The fourth-order valence-corrected chi connectivity index (χ4v) is 20.7. The highest BCUT2D eigenvalue weighted by Gasteiger charge is 2.73. The zero-order chi connectivity index (χ0) is 54.9. The summed E-state index contributed by atoms with van der Waals surface area (Å²) in [6.07, 6.45) is 19.4. The van der Waals surface area contributed by atoms with Gasteiger partial charge in [-0.2, -0.15) is 0 Å². The minimum atomic E-state index is -0.741. The van der Waals surface area contributed by atoms with E-state index in [0.29, 0.717) is 24.0 Å². The lowest BCUT2D eigenvalue weighted by Gasteiger charge is -2.68. The molecule has 0 unspecified atom stereocenters. The Hall–Kier alpha value is -4.30. The van der Waals surface area contributed by atoms with Gasteiger partial charge in [0, 0.05) is 33.5 Å². The molecule has 0 spiro atoms. The highest BCUT2D eigenvalue weighted by Crippen LogP contribution is 2.77. The molecular formula is C67H88O8. The van der Waals surface area contributed by atoms with Crippen LogP contribution in [0.3, 0.4) is 0 Å². The summed E-state index contributed by atoms with van der Waals surface area (Å²) in [4.78, 5) is 86.9. The second-order valence-electron chi connectivity index (χ2n) is 30.4. The summed E-state index contributed by atoms with van der Waals surface area (Å²) >= 11 is 0. The number of hydrogen-bond acceptors (Lipinski definition) is 8. The Morgan fingerprint density at radius 1 is 0.507 bits per heavy atom. The number of fused-ring (bicyclic) bond motifs is 14. The SMILES string of the molecule is COC(=O)[C@]12CCC(C)(C)C[C@H]1[C@H]1C(=O)C=C3[C@@]4(C)C=C(C#CCC#CC5=C[C@]6(C)C7=CC(=O)[C@@H]8[C@@H]9CC(C)(C)CC[C@]9(C(=O)OC)CC[C@@]8(C)[C@]7(C)CC[C@H]6C(C)(C)C5=O)C(=O)C(C)(C)[C@@H]4CC[C@@]3(C)[C@]1(C)CC2. The largest absolute Gasteiger partial charge is 0.469 e. The summed E-state index contributed by atoms with van der Waals surface area (Å²) in [5.74, 6) is 12.1. The van der Waals surface area contributed by atoms with Gasteiger partial charge in [0.15, 0.2) is 23.1 Å². The molecule has 0 saturated heterocycles. The normalized spacial score (nSPS) is 45.3. The highest BCUT2D eigenvalue weighted by molar-refractivity contribution is 6.06. The molecule has 0 aliphatic heterocycles. The van der Waals surface area contributed by atoms with Crippen LogP contribution in [-0.2, 0) is 38.2 Å². The maximum absolute atomic E-state index is 15.1. The minimum absolute atomic E-state index is 0.00412. The van der Waals surface area contributed by atoms with Crippen molar-refractivity contribution in [3.8, 4) is 23.7 Å². The van der Waals surface area contributed by atoms with Gasteiger partial charge in [-0.3, -0.25) is 28.8 Å². The van der Waals surface area contributed by atoms with Gasteiger partial charge in [-0.25, -0.2) is 0 Å². The first-order valence-electron chi connectivity index (χ1n) is 28.9. The molecular weight excluding hydrogens is 933 g/mol. The Labute approximate surface area is 449 Å². The third-order valence-electron chi connectivity index (χ3n) is 25.3. The summed E-state index contributed by atoms with van der Waals surface area (Å²) in [6.45, 7) is 31.1. The van der Waals surface area contributed by atoms with Gasteiger partial charge in [-0.05, 0) is 158 Å². The molecule has 0 aromatic carbocycles. The average Bonchev–Trinajstić information content (AvgIpc) is 3.33. The molecule has 0 amide bonds. The third kappa shape index (κ3) is 7.00. The van der Waals surface area contributed by atoms with Gasteiger partial charge in [-0.1, -0.05) is 144 Å². The Balaban J connectivity index is 0.972. The number of carbonyl (C=O) groups is 6. The van der Waals surface area contributed by atoms with E-state index in [-0.39, 0.29) is 98.7 Å². The molecule has 0 N–H and O–H groups in total. The van der Waals surface area contributed by atoms with Crippen LogP contribution in [0.1, 0.15) is 193 Å². The zero-order valence-corrected chi connectivity index (χ0v) is 48.6. The van der Waals surface area contributed by atoms with E-state index in [1.54, 1.807) is 0 Å². The van der Waals surface area contributed by atoms with E-state index in [2.05, 4.69) is 105 Å². The van der Waals surface area contributed by atoms with Gasteiger partial charge in [0.2, 0.25) is 0 Å². The highest BCUT2D eigenvalue weighted by atomic mass is 16.5. The molecule has 8 nitrogen and oxygen atoms in total. The van der Waals surface area contributed by atoms with Crippen molar-refractivity contribution < 1.29 is 38.2 Å². The van der Waals surface area contributed by atoms with E-state index in [1.807, 2.05) is 39.8 Å². The molecule has 0 aromatic rings. The molecule has 10 aliphatic rings. The van der Waals surface area contributed by atoms with E-state index in [9.17, 15) is 19.2 Å². The number of ketones is 4. The third-order valence-corrected chi connectivity index (χ3v) is 25.3. The topological polar surface area (TPSA) is 121 Å². The number of hydrogen-bond donors (Lipinski definition) is 0. The predicted octanol–water partition coefficient (Wildman–Crippen LogP) is 13.1. The fourth-order valence-electron chi connectivity index (χ4n) is 20.7. The van der Waals surface area contributed by atoms with Crippen LogP contribution in [-0.4, -0.2) is 49.3 Å². The number of ether oxygens (including phenoxy) is 2. The minimum Gasteiger partial charge on any atom is -0.469 e. The van der Waals surface area contributed by atoms with Gasteiger partial charge < -0.3 is 9.47 Å². The first kappa shape index (κ1) is 54.1.